The molecule has 1 heterocycles. The van der Waals surface area contributed by atoms with Gasteiger partial charge in [0.25, 0.3) is 5.91 Å². The number of rotatable bonds is 4. The van der Waals surface area contributed by atoms with Gasteiger partial charge in [-0.3, -0.25) is 9.59 Å². The molecule has 2 aromatic carbocycles. The lowest BCUT2D eigenvalue weighted by atomic mass is 10.1. The van der Waals surface area contributed by atoms with E-state index in [9.17, 15) is 9.59 Å². The molecule has 0 aromatic heterocycles. The summed E-state index contributed by atoms with van der Waals surface area (Å²) in [6, 6.07) is 17.7. The predicted octanol–water partition coefficient (Wildman–Crippen LogP) is 3.65. The molecule has 0 bridgehead atoms. The molecule has 4 nitrogen and oxygen atoms in total. The van der Waals surface area contributed by atoms with Crippen molar-refractivity contribution in [2.45, 2.75) is 39.3 Å². The summed E-state index contributed by atoms with van der Waals surface area (Å²) in [5, 5.41) is 0. The van der Waals surface area contributed by atoms with Crippen molar-refractivity contribution in [3.05, 3.63) is 71.3 Å². The van der Waals surface area contributed by atoms with E-state index in [0.29, 0.717) is 26.1 Å². The molecule has 2 aromatic rings. The van der Waals surface area contributed by atoms with Crippen molar-refractivity contribution in [3.63, 3.8) is 0 Å². The molecular formula is C22H26N2O2. The lowest BCUT2D eigenvalue weighted by Crippen LogP contribution is -2.43. The SMILES string of the molecule is CC[C@@H]1CN(C(=O)c2ccccc2C)CCC(=O)N1Cc1ccccc1. The van der Waals surface area contributed by atoms with Crippen LogP contribution in [0.3, 0.4) is 0 Å². The van der Waals surface area contributed by atoms with Gasteiger partial charge in [-0.15, -0.1) is 0 Å². The fourth-order valence-electron chi connectivity index (χ4n) is 3.54. The number of carbonyl (C=O) groups is 2. The molecule has 0 spiro atoms. The maximum atomic E-state index is 13.0. The molecule has 0 N–H and O–H groups in total. The molecule has 0 saturated carbocycles. The monoisotopic (exact) mass is 350 g/mol. The van der Waals surface area contributed by atoms with Gasteiger partial charge in [-0.1, -0.05) is 55.5 Å². The summed E-state index contributed by atoms with van der Waals surface area (Å²) in [6.07, 6.45) is 1.21. The Hall–Kier alpha value is -2.62. The van der Waals surface area contributed by atoms with Gasteiger partial charge in [-0.25, -0.2) is 0 Å². The Balaban J connectivity index is 1.80. The molecule has 1 fully saturated rings. The van der Waals surface area contributed by atoms with E-state index >= 15 is 0 Å². The van der Waals surface area contributed by atoms with E-state index in [1.54, 1.807) is 0 Å². The zero-order valence-electron chi connectivity index (χ0n) is 15.5. The summed E-state index contributed by atoms with van der Waals surface area (Å²) in [5.41, 5.74) is 2.83. The number of benzene rings is 2. The van der Waals surface area contributed by atoms with Crippen LogP contribution in [-0.2, 0) is 11.3 Å². The van der Waals surface area contributed by atoms with Crippen LogP contribution in [0.2, 0.25) is 0 Å². The van der Waals surface area contributed by atoms with Gasteiger partial charge in [0.1, 0.15) is 0 Å². The third-order valence-electron chi connectivity index (χ3n) is 5.12. The third-order valence-corrected chi connectivity index (χ3v) is 5.12. The zero-order valence-corrected chi connectivity index (χ0v) is 15.5. The van der Waals surface area contributed by atoms with Crippen LogP contribution in [0.1, 0.15) is 41.3 Å². The lowest BCUT2D eigenvalue weighted by Gasteiger charge is -2.31. The minimum absolute atomic E-state index is 0.0240. The summed E-state index contributed by atoms with van der Waals surface area (Å²) < 4.78 is 0. The molecule has 0 unspecified atom stereocenters. The van der Waals surface area contributed by atoms with Crippen LogP contribution in [-0.4, -0.2) is 40.7 Å². The van der Waals surface area contributed by atoms with Crippen LogP contribution < -0.4 is 0 Å². The number of amides is 2. The van der Waals surface area contributed by atoms with E-state index in [4.69, 9.17) is 0 Å². The molecule has 1 atom stereocenters. The largest absolute Gasteiger partial charge is 0.336 e. The first-order valence-electron chi connectivity index (χ1n) is 9.28. The summed E-state index contributed by atoms with van der Waals surface area (Å²) in [6.45, 7) is 5.70. The smallest absolute Gasteiger partial charge is 0.254 e. The highest BCUT2D eigenvalue weighted by Crippen LogP contribution is 2.20. The van der Waals surface area contributed by atoms with Gasteiger partial charge < -0.3 is 9.80 Å². The average molecular weight is 350 g/mol. The van der Waals surface area contributed by atoms with Gasteiger partial charge >= 0.3 is 0 Å². The van der Waals surface area contributed by atoms with Gasteiger partial charge in [0.05, 0.1) is 0 Å². The van der Waals surface area contributed by atoms with Crippen molar-refractivity contribution >= 4 is 11.8 Å². The molecular weight excluding hydrogens is 324 g/mol. The second kappa shape index (κ2) is 8.17. The molecule has 3 rings (SSSR count). The second-order valence-electron chi connectivity index (χ2n) is 6.89. The van der Waals surface area contributed by atoms with Gasteiger partial charge in [-0.05, 0) is 30.5 Å². The van der Waals surface area contributed by atoms with E-state index < -0.39 is 0 Å². The van der Waals surface area contributed by atoms with Crippen LogP contribution in [0.25, 0.3) is 0 Å². The molecule has 26 heavy (non-hydrogen) atoms. The summed E-state index contributed by atoms with van der Waals surface area (Å²) >= 11 is 0. The first-order chi connectivity index (χ1) is 12.6. The average Bonchev–Trinajstić information content (AvgIpc) is 2.82. The Morgan fingerprint density at radius 3 is 2.46 bits per heavy atom. The molecule has 0 radical (unpaired) electrons. The van der Waals surface area contributed by atoms with Crippen LogP contribution >= 0.6 is 0 Å². The highest BCUT2D eigenvalue weighted by atomic mass is 16.2. The molecule has 1 aliphatic rings. The van der Waals surface area contributed by atoms with Crippen molar-refractivity contribution in [2.24, 2.45) is 0 Å². The Labute approximate surface area is 155 Å². The van der Waals surface area contributed by atoms with E-state index in [0.717, 1.165) is 23.1 Å². The Bertz CT molecular complexity index is 773. The second-order valence-corrected chi connectivity index (χ2v) is 6.89. The number of aryl methyl sites for hydroxylation is 1. The van der Waals surface area contributed by atoms with Gasteiger partial charge in [-0.2, -0.15) is 0 Å². The maximum absolute atomic E-state index is 13.0. The van der Waals surface area contributed by atoms with Crippen LogP contribution in [0, 0.1) is 6.92 Å². The van der Waals surface area contributed by atoms with Gasteiger partial charge in [0.2, 0.25) is 5.91 Å². The van der Waals surface area contributed by atoms with Crippen LogP contribution in [0.5, 0.6) is 0 Å². The fraction of sp³-hybridized carbons (Fsp3) is 0.364. The molecule has 2 amide bonds. The van der Waals surface area contributed by atoms with Crippen molar-refractivity contribution in [2.75, 3.05) is 13.1 Å². The molecule has 0 aliphatic carbocycles. The van der Waals surface area contributed by atoms with Gasteiger partial charge in [0.15, 0.2) is 0 Å². The number of hydrogen-bond donors (Lipinski definition) is 0. The lowest BCUT2D eigenvalue weighted by molar-refractivity contribution is -0.133. The highest BCUT2D eigenvalue weighted by Gasteiger charge is 2.31. The Morgan fingerprint density at radius 2 is 1.77 bits per heavy atom. The van der Waals surface area contributed by atoms with E-state index in [1.165, 1.54) is 0 Å². The summed E-state index contributed by atoms with van der Waals surface area (Å²) in [4.78, 5) is 29.5. The first kappa shape index (κ1) is 18.2. The number of hydrogen-bond acceptors (Lipinski definition) is 2. The Kier molecular flexibility index (Phi) is 5.71. The third kappa shape index (κ3) is 3.96. The number of carbonyl (C=O) groups excluding carboxylic acids is 2. The van der Waals surface area contributed by atoms with E-state index in [1.807, 2.05) is 71.3 Å². The quantitative estimate of drug-likeness (QED) is 0.844. The topological polar surface area (TPSA) is 40.6 Å². The van der Waals surface area contributed by atoms with E-state index in [2.05, 4.69) is 6.92 Å². The fourth-order valence-corrected chi connectivity index (χ4v) is 3.54. The molecule has 1 aliphatic heterocycles. The highest BCUT2D eigenvalue weighted by molar-refractivity contribution is 5.96. The predicted molar refractivity (Wildman–Crippen MR) is 103 cm³/mol. The Morgan fingerprint density at radius 1 is 1.08 bits per heavy atom. The standard InChI is InChI=1S/C22H26N2O2/c1-3-19-16-23(22(26)20-12-8-7-9-17(20)2)14-13-21(25)24(19)15-18-10-5-4-6-11-18/h4-12,19H,3,13-16H2,1-2H3/t19-/m1/s1. The summed E-state index contributed by atoms with van der Waals surface area (Å²) in [7, 11) is 0. The first-order valence-corrected chi connectivity index (χ1v) is 9.28. The number of nitrogens with zero attached hydrogens (tertiary/aromatic N) is 2. The van der Waals surface area contributed by atoms with Crippen molar-refractivity contribution in [1.29, 1.82) is 0 Å². The van der Waals surface area contributed by atoms with Crippen molar-refractivity contribution in [1.82, 2.24) is 9.80 Å². The van der Waals surface area contributed by atoms with Crippen molar-refractivity contribution in [3.8, 4) is 0 Å². The van der Waals surface area contributed by atoms with E-state index in [-0.39, 0.29) is 17.9 Å². The minimum atomic E-state index is 0.0240. The van der Waals surface area contributed by atoms with Gasteiger partial charge in [0, 0.05) is 37.7 Å². The summed E-state index contributed by atoms with van der Waals surface area (Å²) in [5.74, 6) is 0.150. The normalized spacial score (nSPS) is 17.9. The molecule has 136 valence electrons. The van der Waals surface area contributed by atoms with Crippen molar-refractivity contribution < 1.29 is 9.59 Å². The molecule has 4 heteroatoms. The minimum Gasteiger partial charge on any atom is -0.336 e. The van der Waals surface area contributed by atoms with Crippen LogP contribution in [0.15, 0.2) is 54.6 Å². The molecule has 1 saturated heterocycles. The maximum Gasteiger partial charge on any atom is 0.254 e. The zero-order chi connectivity index (χ0) is 18.5. The van der Waals surface area contributed by atoms with Crippen LogP contribution in [0.4, 0.5) is 0 Å².